The molecule has 36 heavy (non-hydrogen) atoms. The van der Waals surface area contributed by atoms with Gasteiger partial charge in [-0.25, -0.2) is 0 Å². The van der Waals surface area contributed by atoms with Crippen molar-refractivity contribution < 1.29 is 14.3 Å². The average Bonchev–Trinajstić information content (AvgIpc) is 3.56. The van der Waals surface area contributed by atoms with Gasteiger partial charge in [0.05, 0.1) is 24.8 Å². The van der Waals surface area contributed by atoms with Crippen molar-refractivity contribution in [1.29, 1.82) is 0 Å². The minimum Gasteiger partial charge on any atom is -0.377 e. The number of nitrogens with two attached hydrogens (primary N) is 1. The van der Waals surface area contributed by atoms with Crippen LogP contribution in [0.25, 0.3) is 11.3 Å². The van der Waals surface area contributed by atoms with Gasteiger partial charge in [0.15, 0.2) is 0 Å². The lowest BCUT2D eigenvalue weighted by atomic mass is 9.83. The molecule has 2 aromatic heterocycles. The highest BCUT2D eigenvalue weighted by atomic mass is 16.5. The summed E-state index contributed by atoms with van der Waals surface area (Å²) in [5.41, 5.74) is 8.51. The Kier molecular flexibility index (Phi) is 6.73. The van der Waals surface area contributed by atoms with Gasteiger partial charge in [0, 0.05) is 50.5 Å². The summed E-state index contributed by atoms with van der Waals surface area (Å²) >= 11 is 0. The first-order valence-electron chi connectivity index (χ1n) is 12.3. The number of hydrogen-bond acceptors (Lipinski definition) is 7. The highest BCUT2D eigenvalue weighted by Crippen LogP contribution is 2.36. The number of hydrogen-bond donors (Lipinski definition) is 3. The van der Waals surface area contributed by atoms with Crippen molar-refractivity contribution in [2.75, 3.05) is 30.7 Å². The zero-order valence-electron chi connectivity index (χ0n) is 20.6. The maximum absolute atomic E-state index is 12.9. The Hall–Kier alpha value is -3.73. The average molecular weight is 493 g/mol. The van der Waals surface area contributed by atoms with Gasteiger partial charge in [-0.3, -0.25) is 19.4 Å². The topological polar surface area (TPSA) is 144 Å². The van der Waals surface area contributed by atoms with Crippen LogP contribution in [-0.2, 0) is 27.8 Å². The number of fused-ring (bicyclic) bond motifs is 1. The van der Waals surface area contributed by atoms with Gasteiger partial charge in [-0.1, -0.05) is 23.8 Å². The predicted octanol–water partition coefficient (Wildman–Crippen LogP) is 1.92. The van der Waals surface area contributed by atoms with Crippen molar-refractivity contribution in [3.05, 3.63) is 41.7 Å². The van der Waals surface area contributed by atoms with E-state index in [2.05, 4.69) is 31.7 Å². The molecule has 1 aromatic carbocycles. The number of carbonyl (C=O) groups is 2. The Balaban J connectivity index is 1.12. The number of anilines is 2. The van der Waals surface area contributed by atoms with Crippen LogP contribution in [0.2, 0.25) is 0 Å². The molecule has 2 aliphatic rings. The van der Waals surface area contributed by atoms with E-state index in [0.717, 1.165) is 23.2 Å². The minimum absolute atomic E-state index is 0.0882. The number of nitrogen functional groups attached to an aromatic ring is 1. The van der Waals surface area contributed by atoms with Crippen LogP contribution in [-0.4, -0.2) is 67.5 Å². The SMILES string of the molecule is Cc1cccc(-c2cc(NC(=O)C[C@H]3OC[C@H]4CN(C(=O)CCc5nc(N)n[nH]5)CC[C@H]43)n(C)n2)c1. The van der Waals surface area contributed by atoms with Crippen molar-refractivity contribution in [1.82, 2.24) is 29.9 Å². The van der Waals surface area contributed by atoms with Crippen LogP contribution in [0, 0.1) is 18.8 Å². The molecule has 2 aliphatic heterocycles. The summed E-state index contributed by atoms with van der Waals surface area (Å²) in [5.74, 6) is 1.96. The Morgan fingerprint density at radius 3 is 2.94 bits per heavy atom. The largest absolute Gasteiger partial charge is 0.377 e. The number of aromatic nitrogens is 5. The lowest BCUT2D eigenvalue weighted by Crippen LogP contribution is -2.45. The molecule has 2 saturated heterocycles. The minimum atomic E-state index is -0.145. The van der Waals surface area contributed by atoms with E-state index in [1.165, 1.54) is 0 Å². The van der Waals surface area contributed by atoms with Gasteiger partial charge >= 0.3 is 0 Å². The summed E-state index contributed by atoms with van der Waals surface area (Å²) in [6, 6.07) is 10.0. The molecule has 0 bridgehead atoms. The Labute approximate surface area is 209 Å². The van der Waals surface area contributed by atoms with Crippen molar-refractivity contribution in [2.45, 2.75) is 38.7 Å². The fourth-order valence-corrected chi connectivity index (χ4v) is 5.24. The Morgan fingerprint density at radius 2 is 2.17 bits per heavy atom. The monoisotopic (exact) mass is 492 g/mol. The molecule has 4 N–H and O–H groups in total. The number of benzene rings is 1. The van der Waals surface area contributed by atoms with E-state index in [1.807, 2.05) is 43.1 Å². The number of nitrogens with one attached hydrogen (secondary N) is 2. The van der Waals surface area contributed by atoms with E-state index in [4.69, 9.17) is 10.5 Å². The quantitative estimate of drug-likeness (QED) is 0.457. The number of ether oxygens (including phenoxy) is 1. The summed E-state index contributed by atoms with van der Waals surface area (Å²) in [6.07, 6.45) is 1.80. The van der Waals surface area contributed by atoms with Crippen LogP contribution >= 0.6 is 0 Å². The molecule has 2 amide bonds. The smallest absolute Gasteiger partial charge is 0.239 e. The summed E-state index contributed by atoms with van der Waals surface area (Å²) < 4.78 is 7.71. The Bertz CT molecular complexity index is 1250. The summed E-state index contributed by atoms with van der Waals surface area (Å²) in [4.78, 5) is 31.5. The van der Waals surface area contributed by atoms with Crippen LogP contribution in [0.15, 0.2) is 30.3 Å². The maximum Gasteiger partial charge on any atom is 0.239 e. The standard InChI is InChI=1S/C25H32N8O3/c1-15-4-3-5-16(10-15)19-11-22(32(2)31-19)28-23(34)12-20-18-8-9-33(13-17(18)14-36-20)24(35)7-6-21-27-25(26)30-29-21/h3-5,10-11,17-18,20H,6-9,12-14H2,1-2H3,(H,28,34)(H3,26,27,29,30)/t17-,18-,20-/m1/s1. The van der Waals surface area contributed by atoms with E-state index < -0.39 is 0 Å². The normalized spacial score (nSPS) is 21.4. The number of carbonyl (C=O) groups excluding carboxylic acids is 2. The summed E-state index contributed by atoms with van der Waals surface area (Å²) in [7, 11) is 1.82. The highest BCUT2D eigenvalue weighted by Gasteiger charge is 2.42. The van der Waals surface area contributed by atoms with Gasteiger partial charge in [0.25, 0.3) is 0 Å². The van der Waals surface area contributed by atoms with Gasteiger partial charge in [-0.05, 0) is 25.3 Å². The Morgan fingerprint density at radius 1 is 1.31 bits per heavy atom. The van der Waals surface area contributed by atoms with E-state index in [9.17, 15) is 9.59 Å². The van der Waals surface area contributed by atoms with E-state index in [1.54, 1.807) is 4.68 Å². The van der Waals surface area contributed by atoms with E-state index >= 15 is 0 Å². The second-order valence-corrected chi connectivity index (χ2v) is 9.72. The van der Waals surface area contributed by atoms with Crippen LogP contribution in [0.3, 0.4) is 0 Å². The van der Waals surface area contributed by atoms with E-state index in [0.29, 0.717) is 44.2 Å². The summed E-state index contributed by atoms with van der Waals surface area (Å²) in [5, 5.41) is 14.1. The van der Waals surface area contributed by atoms with Crippen molar-refractivity contribution in [3.8, 4) is 11.3 Å². The molecule has 11 nitrogen and oxygen atoms in total. The van der Waals surface area contributed by atoms with Gasteiger partial charge in [-0.15, -0.1) is 5.10 Å². The second-order valence-electron chi connectivity index (χ2n) is 9.72. The zero-order chi connectivity index (χ0) is 25.2. The zero-order valence-corrected chi connectivity index (χ0v) is 20.6. The third-order valence-electron chi connectivity index (χ3n) is 7.12. The van der Waals surface area contributed by atoms with Gasteiger partial charge < -0.3 is 20.7 Å². The molecule has 5 rings (SSSR count). The number of likely N-dealkylation sites (tertiary alicyclic amines) is 1. The molecule has 4 heterocycles. The van der Waals surface area contributed by atoms with Crippen LogP contribution < -0.4 is 11.1 Å². The number of amides is 2. The molecule has 0 saturated carbocycles. The first kappa shape index (κ1) is 24.0. The number of piperidine rings is 1. The van der Waals surface area contributed by atoms with Crippen molar-refractivity contribution in [3.63, 3.8) is 0 Å². The van der Waals surface area contributed by atoms with Crippen LogP contribution in [0.5, 0.6) is 0 Å². The lowest BCUT2D eigenvalue weighted by molar-refractivity contribution is -0.133. The van der Waals surface area contributed by atoms with Crippen LogP contribution in [0.1, 0.15) is 30.7 Å². The van der Waals surface area contributed by atoms with Gasteiger partial charge in [-0.2, -0.15) is 10.1 Å². The van der Waals surface area contributed by atoms with Crippen LogP contribution in [0.4, 0.5) is 11.8 Å². The third kappa shape index (κ3) is 5.25. The van der Waals surface area contributed by atoms with E-state index in [-0.39, 0.29) is 42.1 Å². The number of nitrogens with zero attached hydrogens (tertiary/aromatic N) is 5. The molecule has 3 aromatic rings. The molecule has 3 atom stereocenters. The molecule has 0 radical (unpaired) electrons. The second kappa shape index (κ2) is 10.1. The molecular formula is C25H32N8O3. The fourth-order valence-electron chi connectivity index (χ4n) is 5.24. The third-order valence-corrected chi connectivity index (χ3v) is 7.12. The van der Waals surface area contributed by atoms with Gasteiger partial charge in [0.2, 0.25) is 17.8 Å². The van der Waals surface area contributed by atoms with Gasteiger partial charge in [0.1, 0.15) is 11.6 Å². The van der Waals surface area contributed by atoms with Crippen molar-refractivity contribution >= 4 is 23.6 Å². The number of H-pyrrole nitrogens is 1. The number of aryl methyl sites for hydroxylation is 3. The van der Waals surface area contributed by atoms with Crippen molar-refractivity contribution in [2.24, 2.45) is 18.9 Å². The number of aromatic amines is 1. The fraction of sp³-hybridized carbons (Fsp3) is 0.480. The first-order valence-corrected chi connectivity index (χ1v) is 12.3. The predicted molar refractivity (Wildman–Crippen MR) is 134 cm³/mol. The molecule has 0 unspecified atom stereocenters. The molecular weight excluding hydrogens is 460 g/mol. The first-order chi connectivity index (χ1) is 17.4. The summed E-state index contributed by atoms with van der Waals surface area (Å²) in [6.45, 7) is 3.93. The molecule has 11 heteroatoms. The molecule has 0 spiro atoms. The molecule has 190 valence electrons. The highest BCUT2D eigenvalue weighted by molar-refractivity contribution is 5.91. The molecule has 2 fully saturated rings. The lowest BCUT2D eigenvalue weighted by Gasteiger charge is -2.35. The molecule has 0 aliphatic carbocycles. The number of rotatable bonds is 7. The maximum atomic E-state index is 12.9.